The summed E-state index contributed by atoms with van der Waals surface area (Å²) in [5.41, 5.74) is 2.93. The molecule has 1 unspecified atom stereocenters. The van der Waals surface area contributed by atoms with Crippen LogP contribution >= 0.6 is 11.3 Å². The number of nitrogens with one attached hydrogen (secondary N) is 1. The Labute approximate surface area is 198 Å². The fourth-order valence-electron chi connectivity index (χ4n) is 3.57. The Balaban J connectivity index is 1.58. The van der Waals surface area contributed by atoms with Gasteiger partial charge >= 0.3 is 0 Å². The molecule has 0 saturated carbocycles. The van der Waals surface area contributed by atoms with E-state index in [-0.39, 0.29) is 18.1 Å². The van der Waals surface area contributed by atoms with E-state index in [1.807, 2.05) is 32.2 Å². The van der Waals surface area contributed by atoms with Gasteiger partial charge in [-0.3, -0.25) is 14.8 Å². The van der Waals surface area contributed by atoms with Crippen molar-refractivity contribution >= 4 is 17.2 Å². The highest BCUT2D eigenvalue weighted by Gasteiger charge is 2.19. The molecule has 2 atom stereocenters. The molecule has 1 amide bonds. The van der Waals surface area contributed by atoms with Gasteiger partial charge in [0.1, 0.15) is 17.4 Å². The van der Waals surface area contributed by atoms with Gasteiger partial charge in [-0.2, -0.15) is 0 Å². The summed E-state index contributed by atoms with van der Waals surface area (Å²) in [6.45, 7) is 9.31. The van der Waals surface area contributed by atoms with Crippen molar-refractivity contribution in [2.24, 2.45) is 0 Å². The van der Waals surface area contributed by atoms with Crippen LogP contribution in [0.25, 0.3) is 10.6 Å². The molecular weight excluding hydrogens is 436 g/mol. The molecule has 4 rings (SSSR count). The number of ether oxygens (including phenoxy) is 2. The number of nitrogens with zero attached hydrogens (tertiary/aromatic N) is 3. The number of benzene rings is 1. The van der Waals surface area contributed by atoms with Gasteiger partial charge in [0.05, 0.1) is 29.7 Å². The molecule has 0 bridgehead atoms. The lowest BCUT2D eigenvalue weighted by Gasteiger charge is -2.16. The smallest absolute Gasteiger partial charge is 0.251 e. The molecule has 1 fully saturated rings. The minimum Gasteiger partial charge on any atom is -0.491 e. The molecule has 1 aliphatic rings. The van der Waals surface area contributed by atoms with E-state index in [1.165, 1.54) is 4.88 Å². The van der Waals surface area contributed by atoms with Crippen LogP contribution in [0, 0.1) is 6.92 Å². The van der Waals surface area contributed by atoms with Crippen molar-refractivity contribution in [2.75, 3.05) is 13.2 Å². The highest BCUT2D eigenvalue weighted by molar-refractivity contribution is 7.15. The molecular formula is C25H30N4O3S. The van der Waals surface area contributed by atoms with Crippen molar-refractivity contribution in [1.29, 1.82) is 0 Å². The van der Waals surface area contributed by atoms with E-state index in [2.05, 4.69) is 34.1 Å². The van der Waals surface area contributed by atoms with Crippen molar-refractivity contribution in [2.45, 2.75) is 58.6 Å². The predicted molar refractivity (Wildman–Crippen MR) is 129 cm³/mol. The fraction of sp³-hybridized carbons (Fsp3) is 0.440. The van der Waals surface area contributed by atoms with Crippen molar-refractivity contribution in [3.8, 4) is 16.3 Å². The third-order valence-electron chi connectivity index (χ3n) is 5.56. The van der Waals surface area contributed by atoms with Gasteiger partial charge in [0.2, 0.25) is 0 Å². The largest absolute Gasteiger partial charge is 0.491 e. The van der Waals surface area contributed by atoms with Crippen molar-refractivity contribution in [3.63, 3.8) is 0 Å². The van der Waals surface area contributed by atoms with Crippen LogP contribution in [0.15, 0.2) is 36.8 Å². The molecule has 2 aromatic heterocycles. The Hall–Kier alpha value is -2.84. The second-order valence-electron chi connectivity index (χ2n) is 8.69. The van der Waals surface area contributed by atoms with E-state index < -0.39 is 0 Å². The number of amides is 1. The van der Waals surface area contributed by atoms with Crippen LogP contribution in [0.3, 0.4) is 0 Å². The maximum absolute atomic E-state index is 13.1. The second kappa shape index (κ2) is 10.4. The highest BCUT2D eigenvalue weighted by Crippen LogP contribution is 2.32. The lowest BCUT2D eigenvalue weighted by molar-refractivity contribution is 0.0679. The van der Waals surface area contributed by atoms with Crippen LogP contribution in [-0.4, -0.2) is 40.2 Å². The quantitative estimate of drug-likeness (QED) is 0.498. The first-order valence-corrected chi connectivity index (χ1v) is 12.2. The average molecular weight is 467 g/mol. The highest BCUT2D eigenvalue weighted by atomic mass is 32.1. The van der Waals surface area contributed by atoms with Gasteiger partial charge < -0.3 is 14.8 Å². The predicted octanol–water partition coefficient (Wildman–Crippen LogP) is 5.08. The SMILES string of the molecule is Cc1cnc(C(C)NC(=O)c2cc(OC[C@@H]3CCCO3)cc(-c3ncc(C(C)C)s3)c2)cn1. The zero-order valence-corrected chi connectivity index (χ0v) is 20.3. The lowest BCUT2D eigenvalue weighted by Crippen LogP contribution is -2.27. The first-order valence-electron chi connectivity index (χ1n) is 11.3. The zero-order valence-electron chi connectivity index (χ0n) is 19.5. The number of carbonyl (C=O) groups is 1. The van der Waals surface area contributed by atoms with E-state index in [0.29, 0.717) is 29.5 Å². The fourth-order valence-corrected chi connectivity index (χ4v) is 4.47. The van der Waals surface area contributed by atoms with E-state index in [9.17, 15) is 4.79 Å². The number of aryl methyl sites for hydroxylation is 1. The molecule has 0 spiro atoms. The van der Waals surface area contributed by atoms with E-state index in [4.69, 9.17) is 9.47 Å². The number of carbonyl (C=O) groups excluding carboxylic acids is 1. The van der Waals surface area contributed by atoms with E-state index in [1.54, 1.807) is 29.8 Å². The molecule has 3 aromatic rings. The summed E-state index contributed by atoms with van der Waals surface area (Å²) in [6.07, 6.45) is 7.44. The topological polar surface area (TPSA) is 86.2 Å². The number of rotatable bonds is 8. The molecule has 0 aliphatic carbocycles. The van der Waals surface area contributed by atoms with Gasteiger partial charge in [-0.1, -0.05) is 13.8 Å². The summed E-state index contributed by atoms with van der Waals surface area (Å²) in [7, 11) is 0. The zero-order chi connectivity index (χ0) is 23.4. The molecule has 33 heavy (non-hydrogen) atoms. The first-order chi connectivity index (χ1) is 15.9. The van der Waals surface area contributed by atoms with Crippen LogP contribution in [-0.2, 0) is 4.74 Å². The molecule has 1 saturated heterocycles. The number of aromatic nitrogens is 3. The van der Waals surface area contributed by atoms with Gasteiger partial charge in [0.25, 0.3) is 5.91 Å². The maximum Gasteiger partial charge on any atom is 0.251 e. The normalized spacial score (nSPS) is 16.7. The minimum absolute atomic E-state index is 0.0958. The molecule has 3 heterocycles. The van der Waals surface area contributed by atoms with Crippen LogP contribution in [0.5, 0.6) is 5.75 Å². The van der Waals surface area contributed by atoms with E-state index in [0.717, 1.165) is 35.7 Å². The summed E-state index contributed by atoms with van der Waals surface area (Å²) in [4.78, 5) is 27.6. The number of thiazole rings is 1. The second-order valence-corrected chi connectivity index (χ2v) is 9.75. The van der Waals surface area contributed by atoms with E-state index >= 15 is 0 Å². The molecule has 0 radical (unpaired) electrons. The third-order valence-corrected chi connectivity index (χ3v) is 6.91. The van der Waals surface area contributed by atoms with Gasteiger partial charge in [0, 0.05) is 35.0 Å². The first kappa shape index (κ1) is 23.3. The Morgan fingerprint density at radius 2 is 2.03 bits per heavy atom. The maximum atomic E-state index is 13.1. The standard InChI is InChI=1S/C25H30N4O3S/c1-15(2)23-13-28-25(33-23)19-8-18(9-21(10-19)32-14-20-6-5-7-31-20)24(30)29-17(4)22-12-26-16(3)11-27-22/h8-13,15,17,20H,5-7,14H2,1-4H3,(H,29,30)/t17?,20-/m0/s1. The Kier molecular flexibility index (Phi) is 7.35. The van der Waals surface area contributed by atoms with Gasteiger partial charge in [-0.05, 0) is 50.8 Å². The van der Waals surface area contributed by atoms with Crippen molar-refractivity contribution in [1.82, 2.24) is 20.3 Å². The van der Waals surface area contributed by atoms with Crippen LogP contribution in [0.2, 0.25) is 0 Å². The van der Waals surface area contributed by atoms with Crippen LogP contribution in [0.4, 0.5) is 0 Å². The third kappa shape index (κ3) is 5.94. The molecule has 1 aliphatic heterocycles. The lowest BCUT2D eigenvalue weighted by atomic mass is 10.1. The number of hydrogen-bond donors (Lipinski definition) is 1. The van der Waals surface area contributed by atoms with Crippen molar-refractivity contribution < 1.29 is 14.3 Å². The van der Waals surface area contributed by atoms with Gasteiger partial charge in [0.15, 0.2) is 0 Å². The minimum atomic E-state index is -0.280. The molecule has 1 aromatic carbocycles. The Morgan fingerprint density at radius 3 is 2.70 bits per heavy atom. The molecule has 7 nitrogen and oxygen atoms in total. The summed E-state index contributed by atoms with van der Waals surface area (Å²) in [5, 5.41) is 3.89. The Morgan fingerprint density at radius 1 is 1.18 bits per heavy atom. The van der Waals surface area contributed by atoms with Gasteiger partial charge in [-0.25, -0.2) is 4.98 Å². The summed E-state index contributed by atoms with van der Waals surface area (Å²) < 4.78 is 11.7. The van der Waals surface area contributed by atoms with Gasteiger partial charge in [-0.15, -0.1) is 11.3 Å². The summed E-state index contributed by atoms with van der Waals surface area (Å²) >= 11 is 1.64. The van der Waals surface area contributed by atoms with Crippen molar-refractivity contribution in [3.05, 3.63) is 58.6 Å². The monoisotopic (exact) mass is 466 g/mol. The molecule has 174 valence electrons. The number of hydrogen-bond acceptors (Lipinski definition) is 7. The molecule has 8 heteroatoms. The summed E-state index contributed by atoms with van der Waals surface area (Å²) in [6, 6.07) is 5.31. The Bertz CT molecular complexity index is 1090. The van der Waals surface area contributed by atoms with Crippen LogP contribution < -0.4 is 10.1 Å². The average Bonchev–Trinajstić information content (AvgIpc) is 3.50. The van der Waals surface area contributed by atoms with Crippen LogP contribution in [0.1, 0.15) is 72.2 Å². The molecule has 1 N–H and O–H groups in total. The summed E-state index contributed by atoms with van der Waals surface area (Å²) in [5.74, 6) is 0.834.